The molecule has 0 spiro atoms. The lowest BCUT2D eigenvalue weighted by Gasteiger charge is -2.12. The second kappa shape index (κ2) is 12.0. The van der Waals surface area contributed by atoms with Crippen LogP contribution in [-0.2, 0) is 17.8 Å². The summed E-state index contributed by atoms with van der Waals surface area (Å²) in [6.07, 6.45) is 1.45. The third-order valence-electron chi connectivity index (χ3n) is 6.03. The Morgan fingerprint density at radius 3 is 2.67 bits per heavy atom. The molecule has 0 bridgehead atoms. The van der Waals surface area contributed by atoms with Crippen molar-refractivity contribution < 1.29 is 14.3 Å². The van der Waals surface area contributed by atoms with Gasteiger partial charge in [-0.25, -0.2) is 4.98 Å². The highest BCUT2D eigenvalue weighted by Gasteiger charge is 2.12. The minimum atomic E-state index is -0.148. The third-order valence-corrected chi connectivity index (χ3v) is 6.46. The first kappa shape index (κ1) is 25.6. The second-order valence-corrected chi connectivity index (χ2v) is 9.35. The minimum Gasteiger partial charge on any atom is -0.494 e. The lowest BCUT2D eigenvalue weighted by atomic mass is 10.1. The van der Waals surface area contributed by atoms with Crippen LogP contribution in [0.25, 0.3) is 11.0 Å². The molecule has 0 aliphatic carbocycles. The van der Waals surface area contributed by atoms with Gasteiger partial charge in [0.05, 0.1) is 17.6 Å². The fourth-order valence-electron chi connectivity index (χ4n) is 4.06. The van der Waals surface area contributed by atoms with Gasteiger partial charge in [-0.05, 0) is 80.3 Å². The molecule has 0 fully saturated rings. The number of ether oxygens (including phenoxy) is 2. The summed E-state index contributed by atoms with van der Waals surface area (Å²) in [7, 11) is 0. The topological polar surface area (TPSA) is 65.4 Å². The Bertz CT molecular complexity index is 1350. The molecule has 6 nitrogen and oxygen atoms in total. The van der Waals surface area contributed by atoms with Crippen molar-refractivity contribution >= 4 is 28.5 Å². The Balaban J connectivity index is 1.31. The molecule has 4 aromatic rings. The Labute approximate surface area is 217 Å². The van der Waals surface area contributed by atoms with Crippen molar-refractivity contribution in [2.24, 2.45) is 0 Å². The number of benzene rings is 3. The van der Waals surface area contributed by atoms with E-state index in [4.69, 9.17) is 26.1 Å². The number of hydrogen-bond acceptors (Lipinski definition) is 4. The summed E-state index contributed by atoms with van der Waals surface area (Å²) in [5, 5.41) is 3.69. The number of aromatic nitrogens is 2. The van der Waals surface area contributed by atoms with E-state index >= 15 is 0 Å². The van der Waals surface area contributed by atoms with Gasteiger partial charge in [-0.1, -0.05) is 35.9 Å². The largest absolute Gasteiger partial charge is 0.494 e. The van der Waals surface area contributed by atoms with E-state index in [0.29, 0.717) is 19.6 Å². The van der Waals surface area contributed by atoms with E-state index in [2.05, 4.69) is 16.0 Å². The number of rotatable bonds is 11. The smallest absolute Gasteiger partial charge is 0.257 e. The molecular formula is C29H32ClN3O3. The summed E-state index contributed by atoms with van der Waals surface area (Å²) in [5.74, 6) is 2.35. The molecule has 1 aromatic heterocycles. The Morgan fingerprint density at radius 2 is 1.83 bits per heavy atom. The van der Waals surface area contributed by atoms with Gasteiger partial charge in [0.25, 0.3) is 5.91 Å². The molecule has 4 rings (SSSR count). The van der Waals surface area contributed by atoms with Crippen LogP contribution in [0.3, 0.4) is 0 Å². The number of nitrogens with zero attached hydrogens (tertiary/aromatic N) is 2. The molecule has 0 saturated carbocycles. The van der Waals surface area contributed by atoms with Crippen LogP contribution in [0.1, 0.15) is 28.9 Å². The van der Waals surface area contributed by atoms with E-state index in [1.165, 1.54) is 0 Å². The number of carbonyl (C=O) groups excluding carboxylic acids is 1. The van der Waals surface area contributed by atoms with Crippen LogP contribution in [0, 0.1) is 20.8 Å². The number of halogens is 1. The quantitative estimate of drug-likeness (QED) is 0.261. The minimum absolute atomic E-state index is 0.0117. The van der Waals surface area contributed by atoms with Crippen molar-refractivity contribution in [2.45, 2.75) is 40.2 Å². The van der Waals surface area contributed by atoms with Gasteiger partial charge in [0, 0.05) is 24.5 Å². The highest BCUT2D eigenvalue weighted by molar-refractivity contribution is 6.31. The number of aryl methyl sites for hydroxylation is 4. The summed E-state index contributed by atoms with van der Waals surface area (Å²) in [6.45, 7) is 7.77. The van der Waals surface area contributed by atoms with E-state index in [1.54, 1.807) is 0 Å². The zero-order valence-corrected chi connectivity index (χ0v) is 21.8. The monoisotopic (exact) mass is 505 g/mol. The first-order valence-electron chi connectivity index (χ1n) is 12.2. The molecule has 0 atom stereocenters. The molecule has 3 aromatic carbocycles. The number of para-hydroxylation sites is 2. The maximum absolute atomic E-state index is 12.4. The van der Waals surface area contributed by atoms with Gasteiger partial charge >= 0.3 is 0 Å². The molecule has 7 heteroatoms. The van der Waals surface area contributed by atoms with Gasteiger partial charge in [0.1, 0.15) is 17.3 Å². The van der Waals surface area contributed by atoms with Crippen molar-refractivity contribution in [3.8, 4) is 11.5 Å². The normalized spacial score (nSPS) is 11.0. The maximum Gasteiger partial charge on any atom is 0.257 e. The maximum atomic E-state index is 12.4. The average molecular weight is 506 g/mol. The van der Waals surface area contributed by atoms with E-state index in [1.807, 2.05) is 75.4 Å². The van der Waals surface area contributed by atoms with Crippen LogP contribution >= 0.6 is 11.6 Å². The summed E-state index contributed by atoms with van der Waals surface area (Å²) in [6, 6.07) is 19.8. The van der Waals surface area contributed by atoms with Crippen LogP contribution in [-0.4, -0.2) is 35.2 Å². The van der Waals surface area contributed by atoms with E-state index in [0.717, 1.165) is 63.0 Å². The van der Waals surface area contributed by atoms with Crippen molar-refractivity contribution in [3.05, 3.63) is 88.2 Å². The Hall–Kier alpha value is -3.51. The molecule has 1 amide bonds. The Morgan fingerprint density at radius 1 is 1.00 bits per heavy atom. The lowest BCUT2D eigenvalue weighted by Crippen LogP contribution is -2.31. The molecule has 0 unspecified atom stereocenters. The molecule has 1 N–H and O–H groups in total. The molecule has 188 valence electrons. The van der Waals surface area contributed by atoms with Crippen LogP contribution in [0.2, 0.25) is 5.02 Å². The summed E-state index contributed by atoms with van der Waals surface area (Å²) < 4.78 is 13.8. The third kappa shape index (κ3) is 6.58. The summed E-state index contributed by atoms with van der Waals surface area (Å²) >= 11 is 6.10. The number of carbonyl (C=O) groups is 1. The summed E-state index contributed by atoms with van der Waals surface area (Å²) in [4.78, 5) is 17.2. The number of fused-ring (bicyclic) bond motifs is 1. The number of hydrogen-bond donors (Lipinski definition) is 1. The number of amides is 1. The van der Waals surface area contributed by atoms with Crippen LogP contribution in [0.4, 0.5) is 0 Å². The van der Waals surface area contributed by atoms with Crippen LogP contribution < -0.4 is 14.8 Å². The van der Waals surface area contributed by atoms with Crippen molar-refractivity contribution in [1.82, 2.24) is 14.9 Å². The van der Waals surface area contributed by atoms with Crippen molar-refractivity contribution in [3.63, 3.8) is 0 Å². The highest BCUT2D eigenvalue weighted by atomic mass is 35.5. The standard InChI is InChI=1S/C29H32ClN3O3/c1-20-9-10-21(2)27(17-20)36-19-29(34)31-14-13-28-32-25-7-4-5-8-26(25)33(28)15-6-16-35-23-11-12-24(30)22(3)18-23/h4-5,7-12,17-18H,6,13-16,19H2,1-3H3,(H,31,34). The van der Waals surface area contributed by atoms with Gasteiger partial charge in [0.2, 0.25) is 0 Å². The SMILES string of the molecule is Cc1ccc(C)c(OCC(=O)NCCc2nc3ccccc3n2CCCOc2ccc(Cl)c(C)c2)c1. The first-order chi connectivity index (χ1) is 17.4. The Kier molecular flexibility index (Phi) is 8.49. The molecule has 0 aliphatic heterocycles. The molecular weight excluding hydrogens is 474 g/mol. The fourth-order valence-corrected chi connectivity index (χ4v) is 4.17. The predicted octanol–water partition coefficient (Wildman–Crippen LogP) is 5.82. The number of nitrogens with one attached hydrogen (secondary N) is 1. The van der Waals surface area contributed by atoms with E-state index < -0.39 is 0 Å². The number of imidazole rings is 1. The molecule has 36 heavy (non-hydrogen) atoms. The predicted molar refractivity (Wildman–Crippen MR) is 144 cm³/mol. The summed E-state index contributed by atoms with van der Waals surface area (Å²) in [5.41, 5.74) is 5.14. The van der Waals surface area contributed by atoms with Crippen molar-refractivity contribution in [2.75, 3.05) is 19.8 Å². The van der Waals surface area contributed by atoms with Crippen LogP contribution in [0.5, 0.6) is 11.5 Å². The highest BCUT2D eigenvalue weighted by Crippen LogP contribution is 2.22. The van der Waals surface area contributed by atoms with Gasteiger partial charge in [-0.3, -0.25) is 4.79 Å². The van der Waals surface area contributed by atoms with Crippen LogP contribution in [0.15, 0.2) is 60.7 Å². The van der Waals surface area contributed by atoms with Gasteiger partial charge in [-0.2, -0.15) is 0 Å². The fraction of sp³-hybridized carbons (Fsp3) is 0.310. The van der Waals surface area contributed by atoms with Gasteiger partial charge in [0.15, 0.2) is 6.61 Å². The zero-order chi connectivity index (χ0) is 25.5. The van der Waals surface area contributed by atoms with E-state index in [9.17, 15) is 4.79 Å². The van der Waals surface area contributed by atoms with Crippen molar-refractivity contribution in [1.29, 1.82) is 0 Å². The molecule has 0 radical (unpaired) electrons. The first-order valence-corrected chi connectivity index (χ1v) is 12.6. The van der Waals surface area contributed by atoms with E-state index in [-0.39, 0.29) is 12.5 Å². The molecule has 1 heterocycles. The van der Waals surface area contributed by atoms with Gasteiger partial charge < -0.3 is 19.4 Å². The second-order valence-electron chi connectivity index (χ2n) is 8.94. The zero-order valence-electron chi connectivity index (χ0n) is 21.0. The molecule has 0 aliphatic rings. The van der Waals surface area contributed by atoms with Gasteiger partial charge in [-0.15, -0.1) is 0 Å². The molecule has 0 saturated heterocycles. The lowest BCUT2D eigenvalue weighted by molar-refractivity contribution is -0.123. The average Bonchev–Trinajstić information content (AvgIpc) is 3.21.